The summed E-state index contributed by atoms with van der Waals surface area (Å²) in [6, 6.07) is -0.447. The van der Waals surface area contributed by atoms with Gasteiger partial charge in [0.15, 0.2) is 5.75 Å². The zero-order valence-corrected chi connectivity index (χ0v) is 10.8. The second-order valence-corrected chi connectivity index (χ2v) is 6.12. The van der Waals surface area contributed by atoms with Gasteiger partial charge < -0.3 is 10.5 Å². The first-order valence-electron chi connectivity index (χ1n) is 5.77. The van der Waals surface area contributed by atoms with Crippen LogP contribution in [0.4, 0.5) is 0 Å². The van der Waals surface area contributed by atoms with Crippen molar-refractivity contribution in [3.05, 3.63) is 0 Å². The molecule has 0 aromatic heterocycles. The van der Waals surface area contributed by atoms with Gasteiger partial charge in [-0.3, -0.25) is 4.79 Å². The van der Waals surface area contributed by atoms with Crippen LogP contribution in [0.15, 0.2) is 0 Å². The predicted octanol–water partition coefficient (Wildman–Crippen LogP) is -0.261. The van der Waals surface area contributed by atoms with E-state index in [0.29, 0.717) is 0 Å². The highest BCUT2D eigenvalue weighted by atomic mass is 32.2. The van der Waals surface area contributed by atoms with E-state index in [-0.39, 0.29) is 12.1 Å². The Hall–Kier alpha value is -0.660. The normalized spacial score (nSPS) is 26.2. The summed E-state index contributed by atoms with van der Waals surface area (Å²) < 4.78 is 30.2. The van der Waals surface area contributed by atoms with Gasteiger partial charge in [-0.05, 0) is 12.8 Å². The summed E-state index contributed by atoms with van der Waals surface area (Å²) in [4.78, 5) is 10.9. The molecular weight excluding hydrogens is 244 g/mol. The molecule has 0 bridgehead atoms. The first-order chi connectivity index (χ1) is 7.94. The van der Waals surface area contributed by atoms with Gasteiger partial charge >= 0.3 is 5.97 Å². The summed E-state index contributed by atoms with van der Waals surface area (Å²) in [5.74, 6) is -1.41. The van der Waals surface area contributed by atoms with Crippen LogP contribution in [-0.4, -0.2) is 39.3 Å². The summed E-state index contributed by atoms with van der Waals surface area (Å²) >= 11 is 0. The lowest BCUT2D eigenvalue weighted by Crippen LogP contribution is -2.48. The lowest BCUT2D eigenvalue weighted by molar-refractivity contribution is -0.137. The average Bonchev–Trinajstić information content (AvgIpc) is 2.43. The van der Waals surface area contributed by atoms with Crippen LogP contribution < -0.4 is 10.5 Å². The minimum absolute atomic E-state index is 0.176. The first kappa shape index (κ1) is 14.4. The number of esters is 1. The third kappa shape index (κ3) is 5.01. The Kier molecular flexibility index (Phi) is 5.35. The number of carbonyl (C=O) groups excluding carboxylic acids is 1. The van der Waals surface area contributed by atoms with E-state index in [2.05, 4.69) is 9.46 Å². The average molecular weight is 264 g/mol. The van der Waals surface area contributed by atoms with Crippen LogP contribution in [0.1, 0.15) is 32.1 Å². The van der Waals surface area contributed by atoms with Gasteiger partial charge in [-0.1, -0.05) is 19.3 Å². The van der Waals surface area contributed by atoms with Gasteiger partial charge in [0.1, 0.15) is 0 Å². The number of rotatable bonds is 4. The Balaban J connectivity index is 2.58. The summed E-state index contributed by atoms with van der Waals surface area (Å²) in [5, 5.41) is 0. The lowest BCUT2D eigenvalue weighted by Gasteiger charge is -2.22. The molecule has 1 fully saturated rings. The maximum atomic E-state index is 11.7. The number of nitrogens with two attached hydrogens (primary N) is 1. The van der Waals surface area contributed by atoms with Gasteiger partial charge in [-0.25, -0.2) is 13.1 Å². The quantitative estimate of drug-likeness (QED) is 0.538. The van der Waals surface area contributed by atoms with E-state index in [1.54, 1.807) is 0 Å². The van der Waals surface area contributed by atoms with Crippen molar-refractivity contribution in [1.82, 2.24) is 4.72 Å². The van der Waals surface area contributed by atoms with Gasteiger partial charge in [-0.15, -0.1) is 0 Å². The molecule has 100 valence electrons. The SMILES string of the molecule is COC(=O)CS(=O)(=O)NC1CCCCCC1N. The molecule has 0 aromatic rings. The van der Waals surface area contributed by atoms with Gasteiger partial charge in [0, 0.05) is 12.1 Å². The fourth-order valence-electron chi connectivity index (χ4n) is 1.97. The second-order valence-electron chi connectivity index (χ2n) is 4.36. The molecule has 2 atom stereocenters. The summed E-state index contributed by atoms with van der Waals surface area (Å²) in [5.41, 5.74) is 5.91. The zero-order valence-electron chi connectivity index (χ0n) is 10.0. The van der Waals surface area contributed by atoms with E-state index in [1.165, 1.54) is 0 Å². The van der Waals surface area contributed by atoms with E-state index in [0.717, 1.165) is 39.2 Å². The Labute approximate surface area is 102 Å². The molecule has 3 N–H and O–H groups in total. The van der Waals surface area contributed by atoms with E-state index in [9.17, 15) is 13.2 Å². The number of hydrogen-bond donors (Lipinski definition) is 2. The van der Waals surface area contributed by atoms with Crippen LogP contribution in [0, 0.1) is 0 Å². The Morgan fingerprint density at radius 2 is 2.00 bits per heavy atom. The number of hydrogen-bond acceptors (Lipinski definition) is 5. The standard InChI is InChI=1S/C10H20N2O4S/c1-16-10(13)7-17(14,15)12-9-6-4-2-3-5-8(9)11/h8-9,12H,2-7,11H2,1H3. The number of nitrogens with one attached hydrogen (secondary N) is 1. The summed E-state index contributed by atoms with van der Waals surface area (Å²) in [6.07, 6.45) is 4.59. The number of carbonyl (C=O) groups is 1. The van der Waals surface area contributed by atoms with Gasteiger partial charge in [-0.2, -0.15) is 0 Å². The van der Waals surface area contributed by atoms with Crippen LogP contribution >= 0.6 is 0 Å². The van der Waals surface area contributed by atoms with Crippen LogP contribution in [0.2, 0.25) is 0 Å². The summed E-state index contributed by atoms with van der Waals surface area (Å²) in [6.45, 7) is 0. The van der Waals surface area contributed by atoms with E-state index in [4.69, 9.17) is 5.73 Å². The Morgan fingerprint density at radius 1 is 1.35 bits per heavy atom. The van der Waals surface area contributed by atoms with E-state index >= 15 is 0 Å². The van der Waals surface area contributed by atoms with Crippen LogP contribution in [-0.2, 0) is 19.6 Å². The number of ether oxygens (including phenoxy) is 1. The van der Waals surface area contributed by atoms with Crippen LogP contribution in [0.5, 0.6) is 0 Å². The largest absolute Gasteiger partial charge is 0.468 e. The molecule has 0 saturated heterocycles. The molecule has 0 amide bonds. The Morgan fingerprint density at radius 3 is 2.65 bits per heavy atom. The molecule has 1 saturated carbocycles. The van der Waals surface area contributed by atoms with Crippen molar-refractivity contribution in [3.63, 3.8) is 0 Å². The fraction of sp³-hybridized carbons (Fsp3) is 0.900. The Bertz CT molecular complexity index is 355. The topological polar surface area (TPSA) is 98.5 Å². The van der Waals surface area contributed by atoms with Crippen molar-refractivity contribution in [3.8, 4) is 0 Å². The van der Waals surface area contributed by atoms with Crippen molar-refractivity contribution in [2.24, 2.45) is 5.73 Å². The first-order valence-corrected chi connectivity index (χ1v) is 7.42. The molecule has 17 heavy (non-hydrogen) atoms. The van der Waals surface area contributed by atoms with Crippen molar-refractivity contribution < 1.29 is 17.9 Å². The van der Waals surface area contributed by atoms with Crippen molar-refractivity contribution in [2.45, 2.75) is 44.2 Å². The molecule has 0 spiro atoms. The van der Waals surface area contributed by atoms with Crippen LogP contribution in [0.25, 0.3) is 0 Å². The summed E-state index contributed by atoms with van der Waals surface area (Å²) in [7, 11) is -2.48. The minimum atomic E-state index is -3.65. The smallest absolute Gasteiger partial charge is 0.322 e. The van der Waals surface area contributed by atoms with Gasteiger partial charge in [0.05, 0.1) is 7.11 Å². The number of methoxy groups -OCH3 is 1. The van der Waals surface area contributed by atoms with E-state index in [1.807, 2.05) is 0 Å². The maximum Gasteiger partial charge on any atom is 0.322 e. The van der Waals surface area contributed by atoms with E-state index < -0.39 is 21.7 Å². The molecule has 1 aliphatic carbocycles. The molecule has 0 aromatic carbocycles. The van der Waals surface area contributed by atoms with Gasteiger partial charge in [0.2, 0.25) is 10.0 Å². The molecule has 0 radical (unpaired) electrons. The molecule has 1 aliphatic rings. The highest BCUT2D eigenvalue weighted by Crippen LogP contribution is 2.17. The molecule has 0 aliphatic heterocycles. The third-order valence-corrected chi connectivity index (χ3v) is 4.21. The predicted molar refractivity (Wildman–Crippen MR) is 63.8 cm³/mol. The second kappa shape index (κ2) is 6.32. The molecule has 6 nitrogen and oxygen atoms in total. The minimum Gasteiger partial charge on any atom is -0.468 e. The van der Waals surface area contributed by atoms with Crippen molar-refractivity contribution in [1.29, 1.82) is 0 Å². The highest BCUT2D eigenvalue weighted by Gasteiger charge is 2.26. The lowest BCUT2D eigenvalue weighted by atomic mass is 10.1. The third-order valence-electron chi connectivity index (χ3n) is 2.94. The molecule has 2 unspecified atom stereocenters. The number of sulfonamides is 1. The molecule has 7 heteroatoms. The highest BCUT2D eigenvalue weighted by molar-refractivity contribution is 7.90. The fourth-order valence-corrected chi connectivity index (χ4v) is 3.23. The van der Waals surface area contributed by atoms with Gasteiger partial charge in [0.25, 0.3) is 0 Å². The molecular formula is C10H20N2O4S. The maximum absolute atomic E-state index is 11.7. The molecule has 1 rings (SSSR count). The molecule has 0 heterocycles. The van der Waals surface area contributed by atoms with Crippen molar-refractivity contribution >= 4 is 16.0 Å². The monoisotopic (exact) mass is 264 g/mol. The van der Waals surface area contributed by atoms with Crippen LogP contribution in [0.3, 0.4) is 0 Å². The zero-order chi connectivity index (χ0) is 12.9. The van der Waals surface area contributed by atoms with Crippen molar-refractivity contribution in [2.75, 3.05) is 12.9 Å².